The first-order valence-corrected chi connectivity index (χ1v) is 19.1. The second-order valence-electron chi connectivity index (χ2n) is 15.0. The van der Waals surface area contributed by atoms with Crippen LogP contribution in [0.1, 0.15) is 25.0 Å². The van der Waals surface area contributed by atoms with Gasteiger partial charge in [-0.1, -0.05) is 153 Å². The summed E-state index contributed by atoms with van der Waals surface area (Å²) in [7, 11) is 0. The van der Waals surface area contributed by atoms with Crippen molar-refractivity contribution in [3.8, 4) is 78.7 Å². The number of fused-ring (bicyclic) bond motifs is 4. The van der Waals surface area contributed by atoms with Crippen LogP contribution in [0.15, 0.2) is 176 Å². The molecule has 0 bridgehead atoms. The van der Waals surface area contributed by atoms with Crippen LogP contribution in [0, 0.1) is 6.57 Å². The second kappa shape index (κ2) is 13.6. The molecule has 0 amide bonds. The fourth-order valence-electron chi connectivity index (χ4n) is 8.25. The van der Waals surface area contributed by atoms with Crippen LogP contribution in [0.3, 0.4) is 0 Å². The maximum Gasteiger partial charge on any atom is 0.195 e. The molecule has 10 rings (SSSR count). The minimum absolute atomic E-state index is 0.273. The summed E-state index contributed by atoms with van der Waals surface area (Å²) in [6, 6.07) is 58.6. The van der Waals surface area contributed by atoms with Crippen LogP contribution in [0.25, 0.3) is 94.4 Å². The first-order valence-electron chi connectivity index (χ1n) is 19.1. The van der Waals surface area contributed by atoms with Crippen molar-refractivity contribution in [1.82, 2.24) is 19.9 Å². The Kier molecular flexibility index (Phi) is 8.13. The number of para-hydroxylation sites is 1. The molecule has 5 nitrogen and oxygen atoms in total. The summed E-state index contributed by atoms with van der Waals surface area (Å²) in [5, 5.41) is 1.07. The lowest BCUT2D eigenvalue weighted by Crippen LogP contribution is -2.14. The number of aromatic nitrogens is 4. The number of benzene rings is 7. The van der Waals surface area contributed by atoms with Crippen molar-refractivity contribution in [2.45, 2.75) is 19.3 Å². The highest BCUT2D eigenvalue weighted by Crippen LogP contribution is 2.53. The highest BCUT2D eigenvalue weighted by Gasteiger charge is 2.36. The molecule has 0 saturated heterocycles. The lowest BCUT2D eigenvalue weighted by molar-refractivity contribution is 0.661. The Labute approximate surface area is 331 Å². The Balaban J connectivity index is 1.18. The standard InChI is InChI=1S/C52H35N5/c1-52(2)44-20-11-21-46(53-3)47(44)43-27-26-38(32-45(43)52)39-29-40(42-19-10-17-35-18-12-28-54-48(35)42)31-41(30-39)51-56-49(36-15-8-5-9-16-36)55-50(57-51)37-24-22-34(23-25-37)33-13-6-4-7-14-33/h4-32H,1-2H3. The molecule has 0 fully saturated rings. The second-order valence-corrected chi connectivity index (χ2v) is 15.0. The topological polar surface area (TPSA) is 55.9 Å². The molecule has 5 heteroatoms. The highest BCUT2D eigenvalue weighted by atomic mass is 15.0. The predicted octanol–water partition coefficient (Wildman–Crippen LogP) is 13.3. The van der Waals surface area contributed by atoms with Crippen LogP contribution in [0.5, 0.6) is 0 Å². The molecule has 57 heavy (non-hydrogen) atoms. The first-order chi connectivity index (χ1) is 27.9. The van der Waals surface area contributed by atoms with E-state index < -0.39 is 0 Å². The molecule has 9 aromatic rings. The van der Waals surface area contributed by atoms with Crippen LogP contribution in [0.2, 0.25) is 0 Å². The van der Waals surface area contributed by atoms with E-state index in [2.05, 4.69) is 134 Å². The Morgan fingerprint density at radius 3 is 1.75 bits per heavy atom. The summed E-state index contributed by atoms with van der Waals surface area (Å²) >= 11 is 0. The molecule has 0 spiro atoms. The lowest BCUT2D eigenvalue weighted by atomic mass is 9.81. The maximum absolute atomic E-state index is 7.92. The SMILES string of the molecule is [C-]#[N+]c1cccc2c1-c1ccc(-c3cc(-c4nc(-c5ccccc5)nc(-c5ccc(-c6ccccc6)cc5)n4)cc(-c4cccc5cccnc45)c3)cc1C2(C)C. The molecular weight excluding hydrogens is 695 g/mol. The van der Waals surface area contributed by atoms with E-state index in [1.165, 1.54) is 11.1 Å². The molecule has 0 aliphatic heterocycles. The van der Waals surface area contributed by atoms with Gasteiger partial charge in [0.1, 0.15) is 0 Å². The predicted molar refractivity (Wildman–Crippen MR) is 232 cm³/mol. The molecular formula is C52H35N5. The van der Waals surface area contributed by atoms with Crippen LogP contribution in [-0.4, -0.2) is 19.9 Å². The van der Waals surface area contributed by atoms with Crippen molar-refractivity contribution in [2.75, 3.05) is 0 Å². The molecule has 0 atom stereocenters. The molecule has 0 N–H and O–H groups in total. The van der Waals surface area contributed by atoms with E-state index >= 15 is 0 Å². The summed E-state index contributed by atoms with van der Waals surface area (Å²) in [4.78, 5) is 24.1. The highest BCUT2D eigenvalue weighted by molar-refractivity contribution is 5.96. The van der Waals surface area contributed by atoms with Gasteiger partial charge in [0.25, 0.3) is 0 Å². The summed E-state index contributed by atoms with van der Waals surface area (Å²) in [5.41, 5.74) is 15.0. The Bertz CT molecular complexity index is 3030. The fraction of sp³-hybridized carbons (Fsp3) is 0.0577. The van der Waals surface area contributed by atoms with Gasteiger partial charge in [-0.25, -0.2) is 19.8 Å². The first kappa shape index (κ1) is 34.0. The average molecular weight is 730 g/mol. The Morgan fingerprint density at radius 1 is 0.439 bits per heavy atom. The van der Waals surface area contributed by atoms with E-state index in [1.54, 1.807) is 0 Å². The van der Waals surface area contributed by atoms with E-state index in [9.17, 15) is 0 Å². The lowest BCUT2D eigenvalue weighted by Gasteiger charge is -2.22. The quantitative estimate of drug-likeness (QED) is 0.160. The molecule has 0 radical (unpaired) electrons. The molecule has 0 saturated carbocycles. The van der Waals surface area contributed by atoms with Gasteiger partial charge in [-0.2, -0.15) is 0 Å². The smallest absolute Gasteiger partial charge is 0.195 e. The largest absolute Gasteiger partial charge is 0.256 e. The molecule has 268 valence electrons. The third kappa shape index (κ3) is 5.96. The summed E-state index contributed by atoms with van der Waals surface area (Å²) in [6.07, 6.45) is 1.85. The van der Waals surface area contributed by atoms with Crippen LogP contribution in [0.4, 0.5) is 5.69 Å². The third-order valence-corrected chi connectivity index (χ3v) is 11.2. The zero-order valence-electron chi connectivity index (χ0n) is 31.5. The number of hydrogen-bond donors (Lipinski definition) is 0. The zero-order chi connectivity index (χ0) is 38.5. The van der Waals surface area contributed by atoms with E-state index in [0.717, 1.165) is 72.1 Å². The van der Waals surface area contributed by atoms with Gasteiger partial charge in [0.05, 0.1) is 12.1 Å². The Hall–Kier alpha value is -7.55. The molecule has 0 unspecified atom stereocenters. The minimum Gasteiger partial charge on any atom is -0.256 e. The minimum atomic E-state index is -0.273. The van der Waals surface area contributed by atoms with Crippen molar-refractivity contribution in [3.63, 3.8) is 0 Å². The van der Waals surface area contributed by atoms with E-state index in [-0.39, 0.29) is 5.41 Å². The van der Waals surface area contributed by atoms with Gasteiger partial charge in [-0.15, -0.1) is 0 Å². The monoisotopic (exact) mass is 729 g/mol. The van der Waals surface area contributed by atoms with Crippen molar-refractivity contribution in [1.29, 1.82) is 0 Å². The van der Waals surface area contributed by atoms with Gasteiger partial charge in [0, 0.05) is 39.3 Å². The van der Waals surface area contributed by atoms with Crippen LogP contribution >= 0.6 is 0 Å². The van der Waals surface area contributed by atoms with Gasteiger partial charge in [0.2, 0.25) is 0 Å². The van der Waals surface area contributed by atoms with Crippen molar-refractivity contribution < 1.29 is 0 Å². The van der Waals surface area contributed by atoms with Crippen LogP contribution < -0.4 is 0 Å². The third-order valence-electron chi connectivity index (χ3n) is 11.2. The molecule has 1 aliphatic rings. The van der Waals surface area contributed by atoms with Gasteiger partial charge in [0.15, 0.2) is 23.2 Å². The van der Waals surface area contributed by atoms with Gasteiger partial charge in [-0.05, 0) is 80.4 Å². The van der Waals surface area contributed by atoms with E-state index in [4.69, 9.17) is 26.5 Å². The molecule has 2 aromatic heterocycles. The Morgan fingerprint density at radius 2 is 1.02 bits per heavy atom. The number of hydrogen-bond acceptors (Lipinski definition) is 4. The van der Waals surface area contributed by atoms with Gasteiger partial charge < -0.3 is 0 Å². The molecule has 2 heterocycles. The molecule has 7 aromatic carbocycles. The summed E-state index contributed by atoms with van der Waals surface area (Å²) in [5.74, 6) is 1.79. The maximum atomic E-state index is 7.92. The summed E-state index contributed by atoms with van der Waals surface area (Å²) in [6.45, 7) is 12.4. The van der Waals surface area contributed by atoms with Crippen molar-refractivity contribution in [3.05, 3.63) is 199 Å². The van der Waals surface area contributed by atoms with Crippen molar-refractivity contribution in [2.24, 2.45) is 0 Å². The van der Waals surface area contributed by atoms with Gasteiger partial charge in [-0.3, -0.25) is 4.98 Å². The average Bonchev–Trinajstić information content (AvgIpc) is 3.51. The summed E-state index contributed by atoms with van der Waals surface area (Å²) < 4.78 is 0. The molecule has 1 aliphatic carbocycles. The van der Waals surface area contributed by atoms with E-state index in [1.807, 2.05) is 60.8 Å². The van der Waals surface area contributed by atoms with Crippen molar-refractivity contribution >= 4 is 16.6 Å². The number of rotatable bonds is 6. The fourth-order valence-corrected chi connectivity index (χ4v) is 8.25. The van der Waals surface area contributed by atoms with E-state index in [0.29, 0.717) is 23.2 Å². The van der Waals surface area contributed by atoms with Crippen LogP contribution in [-0.2, 0) is 5.41 Å². The normalized spacial score (nSPS) is 12.5. The zero-order valence-corrected chi connectivity index (χ0v) is 31.5. The number of pyridine rings is 1. The van der Waals surface area contributed by atoms with Gasteiger partial charge >= 0.3 is 0 Å². The number of nitrogens with zero attached hydrogens (tertiary/aromatic N) is 5.